The predicted molar refractivity (Wildman–Crippen MR) is 75.2 cm³/mol. The van der Waals surface area contributed by atoms with Gasteiger partial charge in [-0.1, -0.05) is 12.1 Å². The second-order valence-corrected chi connectivity index (χ2v) is 7.13. The van der Waals surface area contributed by atoms with Gasteiger partial charge < -0.3 is 5.11 Å². The lowest BCUT2D eigenvalue weighted by Gasteiger charge is -2.37. The van der Waals surface area contributed by atoms with E-state index in [9.17, 15) is 4.79 Å². The summed E-state index contributed by atoms with van der Waals surface area (Å²) in [6.07, 6.45) is 0. The number of aromatic carboxylic acids is 1. The first-order chi connectivity index (χ1) is 8.46. The van der Waals surface area contributed by atoms with Crippen LogP contribution in [0.4, 0.5) is 0 Å². The van der Waals surface area contributed by atoms with E-state index in [1.54, 1.807) is 12.1 Å². The van der Waals surface area contributed by atoms with E-state index in [0.29, 0.717) is 10.3 Å². The minimum atomic E-state index is -0.855. The smallest absolute Gasteiger partial charge is 0.335 e. The van der Waals surface area contributed by atoms with E-state index in [2.05, 4.69) is 18.7 Å². The van der Waals surface area contributed by atoms with Crippen molar-refractivity contribution in [2.75, 3.05) is 18.8 Å². The molecule has 1 N–H and O–H groups in total. The Bertz CT molecular complexity index is 445. The van der Waals surface area contributed by atoms with Crippen molar-refractivity contribution < 1.29 is 9.90 Å². The van der Waals surface area contributed by atoms with Crippen LogP contribution in [0.25, 0.3) is 0 Å². The molecule has 2 rings (SSSR count). The molecule has 1 aromatic carbocycles. The van der Waals surface area contributed by atoms with Crippen LogP contribution >= 0.6 is 11.8 Å². The molecular formula is C14H19NO2S. The van der Waals surface area contributed by atoms with Gasteiger partial charge in [0.2, 0.25) is 0 Å². The van der Waals surface area contributed by atoms with Gasteiger partial charge in [-0.15, -0.1) is 0 Å². The zero-order valence-electron chi connectivity index (χ0n) is 10.8. The Morgan fingerprint density at radius 3 is 2.94 bits per heavy atom. The molecule has 1 aliphatic heterocycles. The number of carboxylic acid groups (broad SMARTS) is 1. The molecule has 0 radical (unpaired) electrons. The van der Waals surface area contributed by atoms with Crippen molar-refractivity contribution in [3.63, 3.8) is 0 Å². The number of nitrogens with zero attached hydrogens (tertiary/aromatic N) is 1. The Hall–Kier alpha value is -1.00. The molecule has 0 unspecified atom stereocenters. The molecule has 3 nitrogen and oxygen atoms in total. The van der Waals surface area contributed by atoms with Gasteiger partial charge in [0.25, 0.3) is 0 Å². The number of carbonyl (C=O) groups is 1. The topological polar surface area (TPSA) is 40.5 Å². The van der Waals surface area contributed by atoms with Gasteiger partial charge in [-0.25, -0.2) is 4.79 Å². The van der Waals surface area contributed by atoms with E-state index in [-0.39, 0.29) is 0 Å². The zero-order chi connectivity index (χ0) is 13.2. The van der Waals surface area contributed by atoms with Gasteiger partial charge in [-0.05, 0) is 31.5 Å². The molecule has 0 saturated carbocycles. The quantitative estimate of drug-likeness (QED) is 0.912. The molecule has 0 bridgehead atoms. The Morgan fingerprint density at radius 1 is 1.50 bits per heavy atom. The Morgan fingerprint density at radius 2 is 2.28 bits per heavy atom. The van der Waals surface area contributed by atoms with Gasteiger partial charge in [0.15, 0.2) is 0 Å². The van der Waals surface area contributed by atoms with E-state index in [0.717, 1.165) is 31.0 Å². The average Bonchev–Trinajstić information content (AvgIpc) is 2.28. The van der Waals surface area contributed by atoms with E-state index < -0.39 is 5.97 Å². The van der Waals surface area contributed by atoms with Crippen LogP contribution in [0.15, 0.2) is 24.3 Å². The van der Waals surface area contributed by atoms with E-state index >= 15 is 0 Å². The molecular weight excluding hydrogens is 246 g/mol. The van der Waals surface area contributed by atoms with Crippen molar-refractivity contribution in [1.29, 1.82) is 0 Å². The standard InChI is InChI=1S/C14H19NO2S/c1-14(2)10-15(6-7-18-14)9-11-4-3-5-12(8-11)13(16)17/h3-5,8H,6-7,9-10H2,1-2H3,(H,16,17). The maximum Gasteiger partial charge on any atom is 0.335 e. The molecule has 0 spiro atoms. The molecule has 1 heterocycles. The van der Waals surface area contributed by atoms with Gasteiger partial charge in [0, 0.05) is 30.1 Å². The molecule has 1 fully saturated rings. The fourth-order valence-electron chi connectivity index (χ4n) is 2.31. The van der Waals surface area contributed by atoms with Crippen LogP contribution in [0.2, 0.25) is 0 Å². The maximum absolute atomic E-state index is 10.9. The zero-order valence-corrected chi connectivity index (χ0v) is 11.7. The summed E-state index contributed by atoms with van der Waals surface area (Å²) in [5.74, 6) is 0.289. The summed E-state index contributed by atoms with van der Waals surface area (Å²) in [5.41, 5.74) is 1.45. The van der Waals surface area contributed by atoms with Gasteiger partial charge in [-0.2, -0.15) is 11.8 Å². The second kappa shape index (κ2) is 5.33. The fourth-order valence-corrected chi connectivity index (χ4v) is 3.49. The largest absolute Gasteiger partial charge is 0.478 e. The van der Waals surface area contributed by atoms with Gasteiger partial charge in [0.1, 0.15) is 0 Å². The third kappa shape index (κ3) is 3.50. The summed E-state index contributed by atoms with van der Waals surface area (Å²) in [6.45, 7) is 7.49. The number of hydrogen-bond donors (Lipinski definition) is 1. The first-order valence-corrected chi connectivity index (χ1v) is 7.13. The summed E-state index contributed by atoms with van der Waals surface area (Å²) >= 11 is 2.01. The van der Waals surface area contributed by atoms with Crippen molar-refractivity contribution in [2.24, 2.45) is 0 Å². The highest BCUT2D eigenvalue weighted by Crippen LogP contribution is 2.30. The Balaban J connectivity index is 2.05. The van der Waals surface area contributed by atoms with Crippen molar-refractivity contribution in [3.05, 3.63) is 35.4 Å². The predicted octanol–water partition coefficient (Wildman–Crippen LogP) is 2.71. The van der Waals surface area contributed by atoms with Crippen LogP contribution in [0.5, 0.6) is 0 Å². The molecule has 4 heteroatoms. The highest BCUT2D eigenvalue weighted by Gasteiger charge is 2.26. The van der Waals surface area contributed by atoms with Gasteiger partial charge in [0.05, 0.1) is 5.56 Å². The second-order valence-electron chi connectivity index (χ2n) is 5.32. The summed E-state index contributed by atoms with van der Waals surface area (Å²) in [4.78, 5) is 13.3. The molecule has 1 saturated heterocycles. The molecule has 0 aromatic heterocycles. The Kier molecular flexibility index (Phi) is 3.97. The summed E-state index contributed by atoms with van der Waals surface area (Å²) in [5, 5.41) is 8.98. The highest BCUT2D eigenvalue weighted by molar-refractivity contribution is 8.00. The van der Waals surface area contributed by atoms with Crippen molar-refractivity contribution in [1.82, 2.24) is 4.90 Å². The van der Waals surface area contributed by atoms with Crippen LogP contribution in [0.1, 0.15) is 29.8 Å². The highest BCUT2D eigenvalue weighted by atomic mass is 32.2. The minimum Gasteiger partial charge on any atom is -0.478 e. The first-order valence-electron chi connectivity index (χ1n) is 6.15. The lowest BCUT2D eigenvalue weighted by molar-refractivity contribution is 0.0696. The van der Waals surface area contributed by atoms with Gasteiger partial charge >= 0.3 is 5.97 Å². The monoisotopic (exact) mass is 265 g/mol. The third-order valence-electron chi connectivity index (χ3n) is 3.08. The molecule has 18 heavy (non-hydrogen) atoms. The van der Waals surface area contributed by atoms with Crippen LogP contribution in [0.3, 0.4) is 0 Å². The fraction of sp³-hybridized carbons (Fsp3) is 0.500. The minimum absolute atomic E-state index is 0.294. The average molecular weight is 265 g/mol. The van der Waals surface area contributed by atoms with Crippen molar-refractivity contribution in [2.45, 2.75) is 25.1 Å². The molecule has 0 atom stereocenters. The SMILES string of the molecule is CC1(C)CN(Cc2cccc(C(=O)O)c2)CCS1. The van der Waals surface area contributed by atoms with Crippen LogP contribution < -0.4 is 0 Å². The van der Waals surface area contributed by atoms with Gasteiger partial charge in [-0.3, -0.25) is 4.90 Å². The summed E-state index contributed by atoms with van der Waals surface area (Å²) in [6, 6.07) is 7.24. The third-order valence-corrected chi connectivity index (χ3v) is 4.38. The number of rotatable bonds is 3. The van der Waals surface area contributed by atoms with Crippen molar-refractivity contribution >= 4 is 17.7 Å². The molecule has 0 amide bonds. The molecule has 1 aliphatic rings. The molecule has 0 aliphatic carbocycles. The molecule has 1 aromatic rings. The van der Waals surface area contributed by atoms with Crippen LogP contribution in [-0.2, 0) is 6.54 Å². The van der Waals surface area contributed by atoms with E-state index in [4.69, 9.17) is 5.11 Å². The summed E-state index contributed by atoms with van der Waals surface area (Å²) in [7, 11) is 0. The molecule has 98 valence electrons. The first kappa shape index (κ1) is 13.4. The van der Waals surface area contributed by atoms with E-state index in [1.165, 1.54) is 0 Å². The number of benzene rings is 1. The maximum atomic E-state index is 10.9. The normalized spacial score (nSPS) is 19.7. The number of thioether (sulfide) groups is 1. The van der Waals surface area contributed by atoms with Crippen LogP contribution in [-0.4, -0.2) is 39.6 Å². The number of carboxylic acids is 1. The lowest BCUT2D eigenvalue weighted by Crippen LogP contribution is -2.42. The lowest BCUT2D eigenvalue weighted by atomic mass is 10.1. The number of hydrogen-bond acceptors (Lipinski definition) is 3. The van der Waals surface area contributed by atoms with Crippen molar-refractivity contribution in [3.8, 4) is 0 Å². The van der Waals surface area contributed by atoms with Crippen LogP contribution in [0, 0.1) is 0 Å². The summed E-state index contributed by atoms with van der Waals surface area (Å²) < 4.78 is 0.294. The Labute approximate surface area is 112 Å². The van der Waals surface area contributed by atoms with E-state index in [1.807, 2.05) is 23.9 Å².